The van der Waals surface area contributed by atoms with Crippen LogP contribution < -0.4 is 15.4 Å². The highest BCUT2D eigenvalue weighted by Gasteiger charge is 2.32. The number of halogens is 4. The van der Waals surface area contributed by atoms with Crippen LogP contribution in [0.15, 0.2) is 30.6 Å². The van der Waals surface area contributed by atoms with Crippen LogP contribution in [0.3, 0.4) is 0 Å². The van der Waals surface area contributed by atoms with E-state index in [1.165, 1.54) is 18.2 Å². The number of nitrogens with zero attached hydrogens (tertiary/aromatic N) is 2. The topological polar surface area (TPSA) is 93.2 Å². The van der Waals surface area contributed by atoms with Gasteiger partial charge in [-0.3, -0.25) is 4.79 Å². The van der Waals surface area contributed by atoms with Crippen molar-refractivity contribution in [2.75, 3.05) is 11.9 Å². The summed E-state index contributed by atoms with van der Waals surface area (Å²) in [5, 5.41) is 4.84. The maximum absolute atomic E-state index is 12.5. The fourth-order valence-electron chi connectivity index (χ4n) is 1.77. The number of nitrogens with one attached hydrogen (secondary N) is 2. The van der Waals surface area contributed by atoms with Gasteiger partial charge in [-0.1, -0.05) is 11.6 Å². The molecule has 0 fully saturated rings. The third-order valence-electron chi connectivity index (χ3n) is 2.89. The van der Waals surface area contributed by atoms with E-state index in [1.54, 1.807) is 6.92 Å². The number of alkyl halides is 3. The summed E-state index contributed by atoms with van der Waals surface area (Å²) in [6, 6.07) is 3.96. The predicted molar refractivity (Wildman–Crippen MR) is 86.1 cm³/mol. The van der Waals surface area contributed by atoms with E-state index in [0.29, 0.717) is 12.7 Å². The van der Waals surface area contributed by atoms with Crippen molar-refractivity contribution in [3.8, 4) is 5.75 Å². The number of carbonyl (C=O) groups excluding carboxylic acids is 2. The van der Waals surface area contributed by atoms with Crippen molar-refractivity contribution in [1.82, 2.24) is 15.3 Å². The second kappa shape index (κ2) is 8.00. The van der Waals surface area contributed by atoms with E-state index < -0.39 is 23.9 Å². The van der Waals surface area contributed by atoms with Crippen LogP contribution in [0.4, 0.5) is 23.8 Å². The number of anilines is 1. The quantitative estimate of drug-likeness (QED) is 0.836. The normalized spacial score (nSPS) is 11.0. The Hall–Kier alpha value is -2.88. The molecule has 138 valence electrons. The summed E-state index contributed by atoms with van der Waals surface area (Å²) in [4.78, 5) is 30.5. The fraction of sp³-hybridized carbons (Fsp3) is 0.200. The third-order valence-corrected chi connectivity index (χ3v) is 3.13. The van der Waals surface area contributed by atoms with Gasteiger partial charge in [-0.2, -0.15) is 13.2 Å². The van der Waals surface area contributed by atoms with E-state index in [2.05, 4.69) is 20.6 Å². The minimum absolute atomic E-state index is 0.0854. The molecule has 0 aliphatic heterocycles. The molecule has 0 radical (unpaired) electrons. The first kappa shape index (κ1) is 19.4. The lowest BCUT2D eigenvalue weighted by molar-refractivity contribution is -0.141. The first-order valence-electron chi connectivity index (χ1n) is 7.16. The van der Waals surface area contributed by atoms with Crippen molar-refractivity contribution < 1.29 is 27.5 Å². The van der Waals surface area contributed by atoms with E-state index >= 15 is 0 Å². The number of ether oxygens (including phenoxy) is 1. The number of benzene rings is 1. The van der Waals surface area contributed by atoms with E-state index in [1.807, 2.05) is 0 Å². The Morgan fingerprint density at radius 3 is 2.54 bits per heavy atom. The minimum atomic E-state index is -4.64. The third kappa shape index (κ3) is 5.06. The maximum Gasteiger partial charge on any atom is 0.434 e. The molecule has 0 unspecified atom stereocenters. The van der Waals surface area contributed by atoms with Gasteiger partial charge in [0, 0.05) is 11.6 Å². The molecular weight excluding hydrogens is 377 g/mol. The Morgan fingerprint density at radius 1 is 1.23 bits per heavy atom. The molecule has 1 aromatic heterocycles. The molecule has 0 atom stereocenters. The number of hydrogen-bond acceptors (Lipinski definition) is 5. The first-order valence-corrected chi connectivity index (χ1v) is 7.54. The number of aromatic nitrogens is 2. The lowest BCUT2D eigenvalue weighted by atomic mass is 10.2. The Balaban J connectivity index is 2.21. The summed E-state index contributed by atoms with van der Waals surface area (Å²) in [6.07, 6.45) is -4.18. The van der Waals surface area contributed by atoms with Crippen molar-refractivity contribution in [2.45, 2.75) is 13.1 Å². The predicted octanol–water partition coefficient (Wildman–Crippen LogP) is 3.51. The summed E-state index contributed by atoms with van der Waals surface area (Å²) >= 11 is 5.84. The van der Waals surface area contributed by atoms with Gasteiger partial charge < -0.3 is 15.4 Å². The molecule has 0 aliphatic rings. The van der Waals surface area contributed by atoms with Gasteiger partial charge in [0.25, 0.3) is 5.91 Å². The average molecular weight is 389 g/mol. The number of amides is 2. The van der Waals surface area contributed by atoms with Gasteiger partial charge in [0.05, 0.1) is 18.0 Å². The second-order valence-electron chi connectivity index (χ2n) is 4.80. The van der Waals surface area contributed by atoms with E-state index in [-0.39, 0.29) is 22.2 Å². The highest BCUT2D eigenvalue weighted by molar-refractivity contribution is 6.31. The zero-order valence-corrected chi connectivity index (χ0v) is 14.0. The summed E-state index contributed by atoms with van der Waals surface area (Å²) < 4.78 is 42.4. The van der Waals surface area contributed by atoms with Crippen LogP contribution in [-0.4, -0.2) is 28.5 Å². The smallest absolute Gasteiger partial charge is 0.409 e. The second-order valence-corrected chi connectivity index (χ2v) is 5.24. The van der Waals surface area contributed by atoms with Crippen LogP contribution in [-0.2, 0) is 6.18 Å². The van der Waals surface area contributed by atoms with Gasteiger partial charge in [0.1, 0.15) is 5.75 Å². The molecule has 0 saturated carbocycles. The number of carbonyl (C=O) groups is 2. The molecule has 0 spiro atoms. The zero-order chi connectivity index (χ0) is 19.3. The summed E-state index contributed by atoms with van der Waals surface area (Å²) in [6.45, 7) is 2.00. The first-order chi connectivity index (χ1) is 12.2. The van der Waals surface area contributed by atoms with Crippen LogP contribution in [0.25, 0.3) is 0 Å². The molecule has 0 saturated heterocycles. The van der Waals surface area contributed by atoms with Gasteiger partial charge in [0.15, 0.2) is 11.5 Å². The van der Waals surface area contributed by atoms with Crippen LogP contribution in [0.2, 0.25) is 5.02 Å². The van der Waals surface area contributed by atoms with Crippen molar-refractivity contribution in [3.05, 3.63) is 46.9 Å². The fourth-order valence-corrected chi connectivity index (χ4v) is 1.94. The van der Waals surface area contributed by atoms with E-state index in [9.17, 15) is 22.8 Å². The Morgan fingerprint density at radius 2 is 1.96 bits per heavy atom. The molecule has 0 bridgehead atoms. The van der Waals surface area contributed by atoms with Gasteiger partial charge in [0.2, 0.25) is 0 Å². The van der Waals surface area contributed by atoms with Gasteiger partial charge >= 0.3 is 12.3 Å². The SMILES string of the molecule is CCNC(=O)Oc1ccc(Cl)cc1C(=O)Nc1cnc(C(F)(F)F)cn1. The molecule has 26 heavy (non-hydrogen) atoms. The van der Waals surface area contributed by atoms with Gasteiger partial charge in [-0.25, -0.2) is 14.8 Å². The standard InChI is InChI=1S/C15H12ClF3N4O3/c1-2-20-14(25)26-10-4-3-8(16)5-9(10)13(24)23-12-7-21-11(6-22-12)15(17,18)19/h3-7H,2H2,1H3,(H,20,25)(H,22,23,24). The van der Waals surface area contributed by atoms with Crippen LogP contribution in [0.5, 0.6) is 5.75 Å². The lowest BCUT2D eigenvalue weighted by Crippen LogP contribution is -2.27. The molecule has 1 aromatic carbocycles. The molecule has 2 N–H and O–H groups in total. The van der Waals surface area contributed by atoms with Gasteiger partial charge in [-0.05, 0) is 25.1 Å². The average Bonchev–Trinajstić information content (AvgIpc) is 2.56. The Labute approximate surface area is 150 Å². The van der Waals surface area contributed by atoms with Crippen molar-refractivity contribution in [3.63, 3.8) is 0 Å². The molecule has 7 nitrogen and oxygen atoms in total. The maximum atomic E-state index is 12.5. The molecular formula is C15H12ClF3N4O3. The summed E-state index contributed by atoms with van der Waals surface area (Å²) in [7, 11) is 0. The van der Waals surface area contributed by atoms with Crippen LogP contribution in [0.1, 0.15) is 23.0 Å². The summed E-state index contributed by atoms with van der Waals surface area (Å²) in [5.41, 5.74) is -1.30. The van der Waals surface area contributed by atoms with E-state index in [0.717, 1.165) is 6.20 Å². The number of rotatable bonds is 4. The highest BCUT2D eigenvalue weighted by Crippen LogP contribution is 2.27. The largest absolute Gasteiger partial charge is 0.434 e. The Bertz CT molecular complexity index is 813. The molecule has 1 heterocycles. The summed E-state index contributed by atoms with van der Waals surface area (Å²) in [5.74, 6) is -1.09. The molecule has 2 amide bonds. The van der Waals surface area contributed by atoms with Gasteiger partial charge in [-0.15, -0.1) is 0 Å². The molecule has 2 rings (SSSR count). The number of hydrogen-bond donors (Lipinski definition) is 2. The zero-order valence-electron chi connectivity index (χ0n) is 13.2. The lowest BCUT2D eigenvalue weighted by Gasteiger charge is -2.11. The van der Waals surface area contributed by atoms with Crippen molar-refractivity contribution >= 4 is 29.4 Å². The highest BCUT2D eigenvalue weighted by atomic mass is 35.5. The molecule has 0 aliphatic carbocycles. The van der Waals surface area contributed by atoms with Crippen LogP contribution in [0, 0.1) is 0 Å². The molecule has 2 aromatic rings. The van der Waals surface area contributed by atoms with Crippen molar-refractivity contribution in [2.24, 2.45) is 0 Å². The monoisotopic (exact) mass is 388 g/mol. The Kier molecular flexibility index (Phi) is 5.98. The van der Waals surface area contributed by atoms with Crippen molar-refractivity contribution in [1.29, 1.82) is 0 Å². The minimum Gasteiger partial charge on any atom is -0.409 e. The van der Waals surface area contributed by atoms with Crippen LogP contribution >= 0.6 is 11.6 Å². The van der Waals surface area contributed by atoms with E-state index in [4.69, 9.17) is 16.3 Å². The molecule has 11 heteroatoms.